The van der Waals surface area contributed by atoms with Gasteiger partial charge in [-0.15, -0.1) is 0 Å². The molecule has 1 saturated carbocycles. The van der Waals surface area contributed by atoms with E-state index < -0.39 is 53.0 Å². The van der Waals surface area contributed by atoms with Crippen LogP contribution in [0.2, 0.25) is 0 Å². The highest BCUT2D eigenvalue weighted by atomic mass is 19.2. The summed E-state index contributed by atoms with van der Waals surface area (Å²) >= 11 is 0. The van der Waals surface area contributed by atoms with Crippen molar-refractivity contribution in [3.8, 4) is 0 Å². The second-order valence-corrected chi connectivity index (χ2v) is 7.30. The number of likely N-dealkylation sites (N-methyl/N-ethyl adjacent to an activating group) is 1. The number of carbonyl (C=O) groups excluding carboxylic acids is 4. The molecule has 3 rings (SSSR count). The Bertz CT molecular complexity index is 870. The summed E-state index contributed by atoms with van der Waals surface area (Å²) in [6, 6.07) is -0.362. The maximum absolute atomic E-state index is 13.6. The molecular weight excluding hydrogens is 386 g/mol. The molecule has 10 heteroatoms. The number of nitrogens with zero attached hydrogens (tertiary/aromatic N) is 1. The van der Waals surface area contributed by atoms with Crippen molar-refractivity contribution in [2.45, 2.75) is 50.2 Å². The minimum atomic E-state index is -1.33. The molecule has 3 N–H and O–H groups in total. The van der Waals surface area contributed by atoms with Gasteiger partial charge in [0.1, 0.15) is 17.6 Å². The summed E-state index contributed by atoms with van der Waals surface area (Å²) in [6.45, 7) is 1.37. The highest BCUT2D eigenvalue weighted by molar-refractivity contribution is 6.10. The Kier molecular flexibility index (Phi) is 5.54. The van der Waals surface area contributed by atoms with Gasteiger partial charge in [0.2, 0.25) is 11.8 Å². The molecule has 1 saturated heterocycles. The molecule has 2 aliphatic rings. The van der Waals surface area contributed by atoms with Crippen LogP contribution < -0.4 is 16.0 Å². The lowest BCUT2D eigenvalue weighted by Gasteiger charge is -2.25. The number of amides is 5. The Morgan fingerprint density at radius 3 is 2.38 bits per heavy atom. The van der Waals surface area contributed by atoms with Crippen molar-refractivity contribution in [3.05, 3.63) is 35.4 Å². The molecule has 2 fully saturated rings. The second kappa shape index (κ2) is 7.76. The van der Waals surface area contributed by atoms with Crippen LogP contribution in [0.4, 0.5) is 13.6 Å². The van der Waals surface area contributed by atoms with E-state index in [9.17, 15) is 28.0 Å². The van der Waals surface area contributed by atoms with Crippen molar-refractivity contribution in [2.24, 2.45) is 0 Å². The monoisotopic (exact) mass is 408 g/mol. The normalized spacial score (nSPS) is 19.8. The fourth-order valence-corrected chi connectivity index (χ4v) is 3.83. The third-order valence-corrected chi connectivity index (χ3v) is 5.49. The van der Waals surface area contributed by atoms with Gasteiger partial charge in [-0.25, -0.2) is 18.5 Å². The van der Waals surface area contributed by atoms with Crippen molar-refractivity contribution in [2.75, 3.05) is 7.05 Å². The van der Waals surface area contributed by atoms with Gasteiger partial charge in [0.25, 0.3) is 5.91 Å². The number of urea groups is 1. The summed E-state index contributed by atoms with van der Waals surface area (Å²) in [6.07, 6.45) is 2.63. The Morgan fingerprint density at radius 1 is 1.14 bits per heavy atom. The van der Waals surface area contributed by atoms with E-state index in [1.54, 1.807) is 0 Å². The maximum Gasteiger partial charge on any atom is 0.325 e. The number of hydrogen-bond acceptors (Lipinski definition) is 4. The van der Waals surface area contributed by atoms with Crippen LogP contribution >= 0.6 is 0 Å². The molecule has 29 heavy (non-hydrogen) atoms. The molecule has 1 aromatic rings. The van der Waals surface area contributed by atoms with Gasteiger partial charge in [0.15, 0.2) is 11.6 Å². The number of hydrogen-bond donors (Lipinski definition) is 3. The van der Waals surface area contributed by atoms with E-state index in [1.165, 1.54) is 20.0 Å². The molecule has 5 amide bonds. The van der Waals surface area contributed by atoms with E-state index in [-0.39, 0.29) is 5.56 Å². The highest BCUT2D eigenvalue weighted by Crippen LogP contribution is 2.35. The highest BCUT2D eigenvalue weighted by Gasteiger charge is 2.54. The summed E-state index contributed by atoms with van der Waals surface area (Å²) in [5.74, 6) is -4.17. The lowest BCUT2D eigenvalue weighted by Crippen LogP contribution is -2.52. The first-order valence-electron chi connectivity index (χ1n) is 9.33. The Labute approximate surface area is 166 Å². The SMILES string of the molecule is CNC(=O)C(NC(=O)C(C)N1C(=O)NC2(CCCC2)C1=O)c1ccc(F)c(F)c1. The predicted molar refractivity (Wildman–Crippen MR) is 97.3 cm³/mol. The number of benzene rings is 1. The zero-order chi connectivity index (χ0) is 21.3. The Morgan fingerprint density at radius 2 is 1.79 bits per heavy atom. The fourth-order valence-electron chi connectivity index (χ4n) is 3.83. The van der Waals surface area contributed by atoms with Gasteiger partial charge in [-0.3, -0.25) is 14.4 Å². The summed E-state index contributed by atoms with van der Waals surface area (Å²) in [4.78, 5) is 51.0. The molecule has 1 spiro atoms. The molecule has 1 heterocycles. The number of carbonyl (C=O) groups is 4. The maximum atomic E-state index is 13.6. The third-order valence-electron chi connectivity index (χ3n) is 5.49. The van der Waals surface area contributed by atoms with E-state index in [2.05, 4.69) is 16.0 Å². The standard InChI is InChI=1S/C19H22F2N4O4/c1-10(25-17(28)19(24-18(25)29)7-3-4-8-19)15(26)23-14(16(27)22-2)11-5-6-12(20)13(21)9-11/h5-6,9-10,14H,3-4,7-8H2,1-2H3,(H,22,27)(H,23,26)(H,24,29). The molecular formula is C19H22F2N4O4. The first-order valence-corrected chi connectivity index (χ1v) is 9.33. The van der Waals surface area contributed by atoms with Crippen molar-refractivity contribution in [1.29, 1.82) is 0 Å². The zero-order valence-corrected chi connectivity index (χ0v) is 16.1. The van der Waals surface area contributed by atoms with Crippen LogP contribution in [0.1, 0.15) is 44.2 Å². The Balaban J connectivity index is 1.80. The molecule has 2 atom stereocenters. The van der Waals surface area contributed by atoms with E-state index in [0.717, 1.165) is 29.9 Å². The van der Waals surface area contributed by atoms with Crippen LogP contribution in [0.15, 0.2) is 18.2 Å². The van der Waals surface area contributed by atoms with Gasteiger partial charge in [-0.05, 0) is 37.5 Å². The smallest absolute Gasteiger partial charge is 0.325 e. The van der Waals surface area contributed by atoms with E-state index in [1.807, 2.05) is 0 Å². The fraction of sp³-hybridized carbons (Fsp3) is 0.474. The zero-order valence-electron chi connectivity index (χ0n) is 16.1. The van der Waals surface area contributed by atoms with E-state index in [0.29, 0.717) is 12.8 Å². The Hall–Kier alpha value is -3.04. The summed E-state index contributed by atoms with van der Waals surface area (Å²) < 4.78 is 26.8. The number of nitrogens with one attached hydrogen (secondary N) is 3. The van der Waals surface area contributed by atoms with Gasteiger partial charge >= 0.3 is 6.03 Å². The minimum absolute atomic E-state index is 0.0215. The lowest BCUT2D eigenvalue weighted by molar-refractivity contribution is -0.138. The van der Waals surface area contributed by atoms with Crippen LogP contribution in [-0.4, -0.2) is 47.3 Å². The number of imide groups is 1. The van der Waals surface area contributed by atoms with Gasteiger partial charge in [-0.2, -0.15) is 0 Å². The predicted octanol–water partition coefficient (Wildman–Crippen LogP) is 1.12. The quantitative estimate of drug-likeness (QED) is 0.635. The minimum Gasteiger partial charge on any atom is -0.357 e. The number of halogens is 2. The van der Waals surface area contributed by atoms with Crippen LogP contribution in [0.3, 0.4) is 0 Å². The van der Waals surface area contributed by atoms with Crippen LogP contribution in [0, 0.1) is 11.6 Å². The van der Waals surface area contributed by atoms with Crippen LogP contribution in [-0.2, 0) is 14.4 Å². The van der Waals surface area contributed by atoms with Gasteiger partial charge in [0, 0.05) is 7.05 Å². The first kappa shape index (κ1) is 20.7. The lowest BCUT2D eigenvalue weighted by atomic mass is 9.97. The summed E-state index contributed by atoms with van der Waals surface area (Å²) in [5.41, 5.74) is -0.945. The molecule has 8 nitrogen and oxygen atoms in total. The average molecular weight is 408 g/mol. The van der Waals surface area contributed by atoms with Gasteiger partial charge < -0.3 is 16.0 Å². The molecule has 1 aromatic carbocycles. The van der Waals surface area contributed by atoms with Crippen LogP contribution in [0.5, 0.6) is 0 Å². The average Bonchev–Trinajstić information content (AvgIpc) is 3.25. The largest absolute Gasteiger partial charge is 0.357 e. The van der Waals surface area contributed by atoms with E-state index >= 15 is 0 Å². The van der Waals surface area contributed by atoms with Crippen molar-refractivity contribution >= 4 is 23.8 Å². The summed E-state index contributed by atoms with van der Waals surface area (Å²) in [5, 5.41) is 7.44. The third kappa shape index (κ3) is 3.66. The van der Waals surface area contributed by atoms with Crippen molar-refractivity contribution in [1.82, 2.24) is 20.9 Å². The van der Waals surface area contributed by atoms with Gasteiger partial charge in [0.05, 0.1) is 0 Å². The summed E-state index contributed by atoms with van der Waals surface area (Å²) in [7, 11) is 1.33. The molecule has 1 aliphatic heterocycles. The van der Waals surface area contributed by atoms with E-state index in [4.69, 9.17) is 0 Å². The molecule has 0 radical (unpaired) electrons. The van der Waals surface area contributed by atoms with Crippen molar-refractivity contribution in [3.63, 3.8) is 0 Å². The molecule has 1 aliphatic carbocycles. The first-order chi connectivity index (χ1) is 13.7. The second-order valence-electron chi connectivity index (χ2n) is 7.30. The molecule has 2 unspecified atom stereocenters. The molecule has 0 bridgehead atoms. The molecule has 0 aromatic heterocycles. The molecule has 156 valence electrons. The van der Waals surface area contributed by atoms with Gasteiger partial charge in [-0.1, -0.05) is 18.9 Å². The topological polar surface area (TPSA) is 108 Å². The van der Waals surface area contributed by atoms with Crippen LogP contribution in [0.25, 0.3) is 0 Å². The number of rotatable bonds is 5. The van der Waals surface area contributed by atoms with Crippen molar-refractivity contribution < 1.29 is 28.0 Å².